The summed E-state index contributed by atoms with van der Waals surface area (Å²) in [6, 6.07) is 0.445. The molecule has 0 aromatic rings. The highest BCUT2D eigenvalue weighted by atomic mass is 15.2. The van der Waals surface area contributed by atoms with Gasteiger partial charge in [0, 0.05) is 11.6 Å². The molecule has 1 heterocycles. The van der Waals surface area contributed by atoms with Gasteiger partial charge in [0.1, 0.15) is 0 Å². The molecule has 110 valence electrons. The first-order valence-corrected chi connectivity index (χ1v) is 8.73. The maximum atomic E-state index is 6.87. The van der Waals surface area contributed by atoms with Gasteiger partial charge in [-0.1, -0.05) is 32.6 Å². The van der Waals surface area contributed by atoms with E-state index in [4.69, 9.17) is 5.73 Å². The molecule has 19 heavy (non-hydrogen) atoms. The summed E-state index contributed by atoms with van der Waals surface area (Å²) in [4.78, 5) is 2.79. The molecule has 1 unspecified atom stereocenters. The normalized spacial score (nSPS) is 37.6. The lowest BCUT2D eigenvalue weighted by molar-refractivity contribution is 0.0547. The van der Waals surface area contributed by atoms with Crippen molar-refractivity contribution >= 4 is 0 Å². The smallest absolute Gasteiger partial charge is 0.0363 e. The maximum Gasteiger partial charge on any atom is 0.0363 e. The minimum atomic E-state index is 0.391. The molecule has 2 heteroatoms. The molecule has 1 aliphatic heterocycles. The van der Waals surface area contributed by atoms with E-state index in [0.717, 1.165) is 11.8 Å². The second-order valence-electron chi connectivity index (χ2n) is 7.55. The number of hydrogen-bond acceptors (Lipinski definition) is 2. The Kier molecular flexibility index (Phi) is 4.19. The Bertz CT molecular complexity index is 282. The molecule has 3 aliphatic rings. The van der Waals surface area contributed by atoms with Crippen LogP contribution < -0.4 is 5.73 Å². The van der Waals surface area contributed by atoms with Gasteiger partial charge in [-0.2, -0.15) is 0 Å². The molecule has 0 spiro atoms. The number of nitrogens with two attached hydrogens (primary N) is 1. The average molecular weight is 264 g/mol. The van der Waals surface area contributed by atoms with Crippen molar-refractivity contribution in [2.75, 3.05) is 13.1 Å². The van der Waals surface area contributed by atoms with Crippen LogP contribution in [-0.2, 0) is 0 Å². The van der Waals surface area contributed by atoms with Crippen LogP contribution in [0.15, 0.2) is 0 Å². The van der Waals surface area contributed by atoms with E-state index in [1.165, 1.54) is 77.3 Å². The van der Waals surface area contributed by atoms with Crippen molar-refractivity contribution in [3.05, 3.63) is 0 Å². The van der Waals surface area contributed by atoms with E-state index in [1.807, 2.05) is 0 Å². The fourth-order valence-electron chi connectivity index (χ4n) is 5.09. The molecule has 3 rings (SSSR count). The van der Waals surface area contributed by atoms with Crippen molar-refractivity contribution in [2.45, 2.75) is 82.7 Å². The van der Waals surface area contributed by atoms with Crippen molar-refractivity contribution in [3.63, 3.8) is 0 Å². The number of nitrogens with zero attached hydrogens (tertiary/aromatic N) is 1. The molecular formula is C17H32N2. The van der Waals surface area contributed by atoms with Gasteiger partial charge in [0.05, 0.1) is 0 Å². The number of rotatable bonds is 3. The van der Waals surface area contributed by atoms with E-state index < -0.39 is 0 Å². The van der Waals surface area contributed by atoms with Crippen LogP contribution in [0.2, 0.25) is 0 Å². The van der Waals surface area contributed by atoms with E-state index in [2.05, 4.69) is 11.8 Å². The number of likely N-dealkylation sites (tertiary alicyclic amines) is 1. The molecule has 2 saturated carbocycles. The Morgan fingerprint density at radius 2 is 1.53 bits per heavy atom. The Balaban J connectivity index is 1.72. The molecular weight excluding hydrogens is 232 g/mol. The molecule has 0 aromatic carbocycles. The summed E-state index contributed by atoms with van der Waals surface area (Å²) < 4.78 is 0. The van der Waals surface area contributed by atoms with E-state index in [1.54, 1.807) is 0 Å². The maximum absolute atomic E-state index is 6.87. The molecule has 2 aliphatic carbocycles. The lowest BCUT2D eigenvalue weighted by Crippen LogP contribution is -2.60. The minimum Gasteiger partial charge on any atom is -0.326 e. The van der Waals surface area contributed by atoms with Crippen LogP contribution in [-0.4, -0.2) is 29.6 Å². The molecule has 2 nitrogen and oxygen atoms in total. The Labute approximate surface area is 119 Å². The zero-order valence-corrected chi connectivity index (χ0v) is 12.7. The number of hydrogen-bond donors (Lipinski definition) is 1. The summed E-state index contributed by atoms with van der Waals surface area (Å²) >= 11 is 0. The highest BCUT2D eigenvalue weighted by molar-refractivity contribution is 5.06. The van der Waals surface area contributed by atoms with Crippen LogP contribution in [0, 0.1) is 11.8 Å². The van der Waals surface area contributed by atoms with Crippen LogP contribution in [0.25, 0.3) is 0 Å². The summed E-state index contributed by atoms with van der Waals surface area (Å²) in [5.74, 6) is 1.74. The van der Waals surface area contributed by atoms with Gasteiger partial charge < -0.3 is 5.73 Å². The lowest BCUT2D eigenvalue weighted by Gasteiger charge is -2.47. The lowest BCUT2D eigenvalue weighted by atomic mass is 9.71. The molecule has 3 fully saturated rings. The summed E-state index contributed by atoms with van der Waals surface area (Å²) in [6.07, 6.45) is 14.0. The third kappa shape index (κ3) is 2.58. The van der Waals surface area contributed by atoms with Crippen LogP contribution in [0.4, 0.5) is 0 Å². The summed E-state index contributed by atoms with van der Waals surface area (Å²) in [7, 11) is 0. The molecule has 0 bridgehead atoms. The predicted octanol–water partition coefficient (Wildman–Crippen LogP) is 3.55. The van der Waals surface area contributed by atoms with Gasteiger partial charge in [-0.05, 0) is 63.5 Å². The molecule has 1 atom stereocenters. The predicted molar refractivity (Wildman–Crippen MR) is 81.1 cm³/mol. The Hall–Kier alpha value is -0.0800. The van der Waals surface area contributed by atoms with Crippen molar-refractivity contribution < 1.29 is 0 Å². The molecule has 0 aromatic heterocycles. The SMILES string of the molecule is CC1CCC(C(N)C2(N3CCCC3)CCCC2)CC1. The van der Waals surface area contributed by atoms with Crippen molar-refractivity contribution in [1.82, 2.24) is 4.90 Å². The minimum absolute atomic E-state index is 0.391. The van der Waals surface area contributed by atoms with E-state index in [0.29, 0.717) is 11.6 Å². The average Bonchev–Trinajstić information content (AvgIpc) is 3.10. The third-order valence-corrected chi connectivity index (χ3v) is 6.39. The largest absolute Gasteiger partial charge is 0.326 e. The first-order valence-electron chi connectivity index (χ1n) is 8.73. The summed E-state index contributed by atoms with van der Waals surface area (Å²) in [5, 5.41) is 0. The van der Waals surface area contributed by atoms with Crippen LogP contribution in [0.5, 0.6) is 0 Å². The highest BCUT2D eigenvalue weighted by Gasteiger charge is 2.47. The molecule has 0 amide bonds. The van der Waals surface area contributed by atoms with Crippen LogP contribution in [0.1, 0.15) is 71.1 Å². The highest BCUT2D eigenvalue weighted by Crippen LogP contribution is 2.44. The van der Waals surface area contributed by atoms with E-state index >= 15 is 0 Å². The second-order valence-corrected chi connectivity index (χ2v) is 7.55. The van der Waals surface area contributed by atoms with Crippen molar-refractivity contribution in [1.29, 1.82) is 0 Å². The van der Waals surface area contributed by atoms with Gasteiger partial charge >= 0.3 is 0 Å². The topological polar surface area (TPSA) is 29.3 Å². The monoisotopic (exact) mass is 264 g/mol. The van der Waals surface area contributed by atoms with Gasteiger partial charge in [-0.15, -0.1) is 0 Å². The van der Waals surface area contributed by atoms with Crippen LogP contribution >= 0.6 is 0 Å². The van der Waals surface area contributed by atoms with E-state index in [-0.39, 0.29) is 0 Å². The van der Waals surface area contributed by atoms with Gasteiger partial charge in [-0.3, -0.25) is 4.90 Å². The molecule has 2 N–H and O–H groups in total. The fraction of sp³-hybridized carbons (Fsp3) is 1.00. The zero-order chi connectivity index (χ0) is 13.3. The first-order chi connectivity index (χ1) is 9.22. The Morgan fingerprint density at radius 3 is 2.11 bits per heavy atom. The van der Waals surface area contributed by atoms with Gasteiger partial charge in [-0.25, -0.2) is 0 Å². The first kappa shape index (κ1) is 13.9. The van der Waals surface area contributed by atoms with Crippen LogP contribution in [0.3, 0.4) is 0 Å². The van der Waals surface area contributed by atoms with E-state index in [9.17, 15) is 0 Å². The standard InChI is InChI=1S/C17H32N2/c1-14-6-8-15(9-7-14)16(18)17(10-2-3-11-17)19-12-4-5-13-19/h14-16H,2-13,18H2,1H3. The second kappa shape index (κ2) is 5.73. The quantitative estimate of drug-likeness (QED) is 0.844. The molecule has 1 saturated heterocycles. The summed E-state index contributed by atoms with van der Waals surface area (Å²) in [6.45, 7) is 5.04. The van der Waals surface area contributed by atoms with Gasteiger partial charge in [0.25, 0.3) is 0 Å². The fourth-order valence-corrected chi connectivity index (χ4v) is 5.09. The molecule has 0 radical (unpaired) electrons. The summed E-state index contributed by atoms with van der Waals surface area (Å²) in [5.41, 5.74) is 7.26. The Morgan fingerprint density at radius 1 is 0.947 bits per heavy atom. The van der Waals surface area contributed by atoms with Crippen molar-refractivity contribution in [2.24, 2.45) is 17.6 Å². The zero-order valence-electron chi connectivity index (χ0n) is 12.7. The third-order valence-electron chi connectivity index (χ3n) is 6.39. The van der Waals surface area contributed by atoms with Gasteiger partial charge in [0.2, 0.25) is 0 Å². The van der Waals surface area contributed by atoms with Gasteiger partial charge in [0.15, 0.2) is 0 Å². The van der Waals surface area contributed by atoms with Crippen molar-refractivity contribution in [3.8, 4) is 0 Å².